The lowest BCUT2D eigenvalue weighted by molar-refractivity contribution is -0.114. The van der Waals surface area contributed by atoms with Crippen molar-refractivity contribution in [2.75, 3.05) is 5.75 Å². The van der Waals surface area contributed by atoms with Gasteiger partial charge in [-0.15, -0.1) is 0 Å². The smallest absolute Gasteiger partial charge is 0.261 e. The van der Waals surface area contributed by atoms with E-state index in [0.29, 0.717) is 10.7 Å². The van der Waals surface area contributed by atoms with Gasteiger partial charge in [-0.2, -0.15) is 0 Å². The van der Waals surface area contributed by atoms with Gasteiger partial charge in [-0.25, -0.2) is 9.38 Å². The van der Waals surface area contributed by atoms with Gasteiger partial charge in [0, 0.05) is 5.02 Å². The first-order valence-corrected chi connectivity index (χ1v) is 8.83. The number of hydrogen-bond donors (Lipinski definition) is 1. The van der Waals surface area contributed by atoms with Crippen molar-refractivity contribution in [3.8, 4) is 0 Å². The third kappa shape index (κ3) is 5.85. The van der Waals surface area contributed by atoms with Gasteiger partial charge in [0.1, 0.15) is 11.6 Å². The maximum Gasteiger partial charge on any atom is 0.261 e. The molecule has 2 aromatic carbocycles. The highest BCUT2D eigenvalue weighted by atomic mass is 35.5. The minimum Gasteiger partial charge on any atom is -0.301 e. The molecule has 1 amide bonds. The lowest BCUT2D eigenvalue weighted by Gasteiger charge is -2.10. The van der Waals surface area contributed by atoms with Crippen LogP contribution >= 0.6 is 35.0 Å². The lowest BCUT2D eigenvalue weighted by atomic mass is 10.2. The number of Topliss-reactive ketones (excluding diaryl/α,β-unsaturated/α-hetero) is 1. The molecule has 0 saturated heterocycles. The van der Waals surface area contributed by atoms with Crippen LogP contribution in [0.5, 0.6) is 0 Å². The van der Waals surface area contributed by atoms with E-state index in [4.69, 9.17) is 23.2 Å². The molecule has 0 atom stereocenters. The monoisotopic (exact) mass is 398 g/mol. The molecular formula is C17H13Cl2FN2O2S. The summed E-state index contributed by atoms with van der Waals surface area (Å²) in [6.45, 7) is 1.42. The maximum absolute atomic E-state index is 13.9. The number of hydrogen-bond acceptors (Lipinski definition) is 4. The Hall–Kier alpha value is -1.89. The summed E-state index contributed by atoms with van der Waals surface area (Å²) in [6, 6.07) is 10.5. The van der Waals surface area contributed by atoms with E-state index in [1.54, 1.807) is 24.3 Å². The zero-order valence-electron chi connectivity index (χ0n) is 13.1. The highest BCUT2D eigenvalue weighted by Gasteiger charge is 2.18. The van der Waals surface area contributed by atoms with E-state index in [1.165, 1.54) is 19.1 Å². The maximum atomic E-state index is 13.9. The standard InChI is InChI=1S/C17H13Cl2FN2O2S/c1-10(23)9-25-17(21-12-7-5-11(18)6-8-12)22-16(24)15-13(19)3-2-4-14(15)20/h2-8H,9H2,1H3,(H,21,22,24). The van der Waals surface area contributed by atoms with Crippen LogP contribution in [0, 0.1) is 5.82 Å². The minimum atomic E-state index is -0.744. The predicted molar refractivity (Wildman–Crippen MR) is 101 cm³/mol. The molecule has 2 aromatic rings. The molecule has 8 heteroatoms. The van der Waals surface area contributed by atoms with E-state index in [1.807, 2.05) is 0 Å². The first kappa shape index (κ1) is 19.4. The molecule has 1 N–H and O–H groups in total. The number of ketones is 1. The van der Waals surface area contributed by atoms with Crippen molar-refractivity contribution in [3.63, 3.8) is 0 Å². The summed E-state index contributed by atoms with van der Waals surface area (Å²) in [5.74, 6) is -1.47. The Morgan fingerprint density at radius 1 is 1.16 bits per heavy atom. The van der Waals surface area contributed by atoms with Gasteiger partial charge in [-0.3, -0.25) is 9.59 Å². The summed E-state index contributed by atoms with van der Waals surface area (Å²) < 4.78 is 13.9. The fraction of sp³-hybridized carbons (Fsp3) is 0.118. The van der Waals surface area contributed by atoms with Crippen LogP contribution in [0.1, 0.15) is 17.3 Å². The van der Waals surface area contributed by atoms with Crippen molar-refractivity contribution < 1.29 is 14.0 Å². The highest BCUT2D eigenvalue weighted by Crippen LogP contribution is 2.21. The topological polar surface area (TPSA) is 58.5 Å². The van der Waals surface area contributed by atoms with Crippen LogP contribution in [0.15, 0.2) is 47.5 Å². The van der Waals surface area contributed by atoms with Crippen LogP contribution in [0.25, 0.3) is 0 Å². The number of nitrogens with one attached hydrogen (secondary N) is 1. The Morgan fingerprint density at radius 3 is 2.44 bits per heavy atom. The first-order chi connectivity index (χ1) is 11.9. The van der Waals surface area contributed by atoms with E-state index >= 15 is 0 Å². The van der Waals surface area contributed by atoms with E-state index < -0.39 is 11.7 Å². The van der Waals surface area contributed by atoms with Crippen molar-refractivity contribution in [1.29, 1.82) is 0 Å². The number of benzene rings is 2. The zero-order chi connectivity index (χ0) is 18.4. The Morgan fingerprint density at radius 2 is 1.84 bits per heavy atom. The van der Waals surface area contributed by atoms with Gasteiger partial charge >= 0.3 is 0 Å². The van der Waals surface area contributed by atoms with Crippen LogP contribution in [-0.4, -0.2) is 22.6 Å². The summed E-state index contributed by atoms with van der Waals surface area (Å²) in [5.41, 5.74) is 0.242. The Labute approximate surface area is 158 Å². The molecule has 0 aliphatic heterocycles. The second-order valence-electron chi connectivity index (χ2n) is 4.93. The van der Waals surface area contributed by atoms with Gasteiger partial charge in [0.15, 0.2) is 5.17 Å². The number of nitrogens with zero attached hydrogens (tertiary/aromatic N) is 1. The second-order valence-corrected chi connectivity index (χ2v) is 6.74. The number of carbonyl (C=O) groups excluding carboxylic acids is 2. The van der Waals surface area contributed by atoms with Gasteiger partial charge in [-0.05, 0) is 43.3 Å². The molecule has 0 radical (unpaired) electrons. The quantitative estimate of drug-likeness (QED) is 0.589. The Balaban J connectivity index is 2.27. The summed E-state index contributed by atoms with van der Waals surface area (Å²) in [7, 11) is 0. The van der Waals surface area contributed by atoms with Gasteiger partial charge in [-0.1, -0.05) is 41.0 Å². The Kier molecular flexibility index (Phi) is 6.99. The van der Waals surface area contributed by atoms with Crippen molar-refractivity contribution in [2.24, 2.45) is 4.99 Å². The summed E-state index contributed by atoms with van der Waals surface area (Å²) in [4.78, 5) is 27.8. The van der Waals surface area contributed by atoms with E-state index in [9.17, 15) is 14.0 Å². The number of rotatable bonds is 4. The number of thioether (sulfide) groups is 1. The molecule has 0 heterocycles. The molecule has 4 nitrogen and oxygen atoms in total. The molecule has 0 aliphatic rings. The molecular weight excluding hydrogens is 386 g/mol. The van der Waals surface area contributed by atoms with Crippen molar-refractivity contribution in [1.82, 2.24) is 5.32 Å². The largest absolute Gasteiger partial charge is 0.301 e. The SMILES string of the molecule is CC(=O)CSC(=Nc1ccc(Cl)cc1)NC(=O)c1c(F)cccc1Cl. The van der Waals surface area contributed by atoms with Crippen LogP contribution in [0.2, 0.25) is 10.0 Å². The molecule has 25 heavy (non-hydrogen) atoms. The number of carbonyl (C=O) groups is 2. The van der Waals surface area contributed by atoms with Gasteiger partial charge < -0.3 is 5.32 Å². The van der Waals surface area contributed by atoms with Gasteiger partial charge in [0.25, 0.3) is 5.91 Å². The average Bonchev–Trinajstić information content (AvgIpc) is 2.54. The summed E-state index contributed by atoms with van der Waals surface area (Å²) in [6.07, 6.45) is 0. The van der Waals surface area contributed by atoms with Crippen LogP contribution in [0.3, 0.4) is 0 Å². The second kappa shape index (κ2) is 8.99. The van der Waals surface area contributed by atoms with Crippen molar-refractivity contribution >= 4 is 57.5 Å². The Bertz CT molecular complexity index is 806. The molecule has 2 rings (SSSR count). The number of aliphatic imine (C=N–C) groups is 1. The molecule has 0 aromatic heterocycles. The predicted octanol–water partition coefficient (Wildman–Crippen LogP) is 4.87. The third-order valence-electron chi connectivity index (χ3n) is 2.88. The van der Waals surface area contributed by atoms with E-state index in [-0.39, 0.29) is 27.3 Å². The van der Waals surface area contributed by atoms with Crippen molar-refractivity contribution in [3.05, 3.63) is 63.9 Å². The van der Waals surface area contributed by atoms with Crippen LogP contribution in [0.4, 0.5) is 10.1 Å². The normalized spacial score (nSPS) is 11.3. The third-order valence-corrected chi connectivity index (χ3v) is 4.46. The van der Waals surface area contributed by atoms with E-state index in [2.05, 4.69) is 10.3 Å². The van der Waals surface area contributed by atoms with E-state index in [0.717, 1.165) is 17.8 Å². The van der Waals surface area contributed by atoms with Crippen LogP contribution in [-0.2, 0) is 4.79 Å². The molecule has 0 bridgehead atoms. The van der Waals surface area contributed by atoms with Gasteiger partial charge in [0.2, 0.25) is 0 Å². The van der Waals surface area contributed by atoms with Gasteiger partial charge in [0.05, 0.1) is 22.0 Å². The molecule has 130 valence electrons. The van der Waals surface area contributed by atoms with Crippen LogP contribution < -0.4 is 5.32 Å². The molecule has 0 saturated carbocycles. The molecule has 0 fully saturated rings. The zero-order valence-corrected chi connectivity index (χ0v) is 15.4. The number of amides is 1. The summed E-state index contributed by atoms with van der Waals surface area (Å²) >= 11 is 12.8. The fourth-order valence-corrected chi connectivity index (χ4v) is 2.82. The summed E-state index contributed by atoms with van der Waals surface area (Å²) in [5, 5.41) is 3.18. The first-order valence-electron chi connectivity index (χ1n) is 7.08. The number of halogens is 3. The minimum absolute atomic E-state index is 0.0140. The highest BCUT2D eigenvalue weighted by molar-refractivity contribution is 8.14. The fourth-order valence-electron chi connectivity index (χ4n) is 1.77. The molecule has 0 unspecified atom stereocenters. The number of amidine groups is 1. The molecule has 0 aliphatic carbocycles. The van der Waals surface area contributed by atoms with Crippen molar-refractivity contribution in [2.45, 2.75) is 6.92 Å². The lowest BCUT2D eigenvalue weighted by Crippen LogP contribution is -2.30. The average molecular weight is 399 g/mol. The molecule has 0 spiro atoms.